The number of aromatic nitrogens is 2. The second-order valence-electron chi connectivity index (χ2n) is 4.95. The van der Waals surface area contributed by atoms with E-state index < -0.39 is 0 Å². The van der Waals surface area contributed by atoms with Gasteiger partial charge in [-0.05, 0) is 22.8 Å². The molecule has 3 rings (SSSR count). The quantitative estimate of drug-likeness (QED) is 0.758. The lowest BCUT2D eigenvalue weighted by molar-refractivity contribution is 0.396. The number of ether oxygens (including phenoxy) is 1. The van der Waals surface area contributed by atoms with Crippen molar-refractivity contribution in [2.24, 2.45) is 0 Å². The number of nitriles is 1. The van der Waals surface area contributed by atoms with Crippen molar-refractivity contribution in [1.29, 1.82) is 5.26 Å². The first-order valence-electron chi connectivity index (χ1n) is 7.06. The molecule has 0 spiro atoms. The van der Waals surface area contributed by atoms with Crippen molar-refractivity contribution in [2.75, 3.05) is 19.0 Å². The molecule has 5 nitrogen and oxygen atoms in total. The summed E-state index contributed by atoms with van der Waals surface area (Å²) in [4.78, 5) is 0. The van der Waals surface area contributed by atoms with Gasteiger partial charge in [-0.1, -0.05) is 42.5 Å². The Kier molecular flexibility index (Phi) is 3.92. The summed E-state index contributed by atoms with van der Waals surface area (Å²) in [5.41, 5.74) is 1.65. The van der Waals surface area contributed by atoms with Crippen molar-refractivity contribution < 1.29 is 4.74 Å². The number of fused-ring (bicyclic) bond motifs is 1. The Hall–Kier alpha value is -3.00. The van der Waals surface area contributed by atoms with Gasteiger partial charge in [0.25, 0.3) is 5.88 Å². The van der Waals surface area contributed by atoms with Gasteiger partial charge in [0.15, 0.2) is 5.56 Å². The van der Waals surface area contributed by atoms with Crippen LogP contribution < -0.4 is 10.1 Å². The maximum absolute atomic E-state index is 9.12. The van der Waals surface area contributed by atoms with Crippen molar-refractivity contribution in [3.63, 3.8) is 0 Å². The Labute approximate surface area is 128 Å². The highest BCUT2D eigenvalue weighted by atomic mass is 16.5. The van der Waals surface area contributed by atoms with Crippen LogP contribution in [0.5, 0.6) is 5.88 Å². The van der Waals surface area contributed by atoms with Gasteiger partial charge in [-0.25, -0.2) is 0 Å². The van der Waals surface area contributed by atoms with E-state index >= 15 is 0 Å². The number of H-pyrrole nitrogens is 1. The molecule has 1 heterocycles. The molecular formula is C17H16N4O. The largest absolute Gasteiger partial charge is 0.479 e. The Balaban J connectivity index is 1.67. The highest BCUT2D eigenvalue weighted by Crippen LogP contribution is 2.21. The maximum Gasteiger partial charge on any atom is 0.252 e. The fourth-order valence-electron chi connectivity index (χ4n) is 2.43. The molecule has 0 fully saturated rings. The number of methoxy groups -OCH3 is 1. The minimum atomic E-state index is 0.315. The molecule has 0 amide bonds. The smallest absolute Gasteiger partial charge is 0.252 e. The molecule has 0 unspecified atom stereocenters. The first-order valence-corrected chi connectivity index (χ1v) is 7.06. The molecule has 0 aliphatic heterocycles. The topological polar surface area (TPSA) is 73.7 Å². The van der Waals surface area contributed by atoms with Gasteiger partial charge in [-0.15, -0.1) is 5.10 Å². The lowest BCUT2D eigenvalue weighted by Crippen LogP contribution is -2.06. The van der Waals surface area contributed by atoms with Crippen molar-refractivity contribution in [2.45, 2.75) is 6.42 Å². The lowest BCUT2D eigenvalue weighted by Gasteiger charge is -2.06. The molecule has 110 valence electrons. The summed E-state index contributed by atoms with van der Waals surface area (Å²) < 4.78 is 5.02. The number of nitrogens with zero attached hydrogens (tertiary/aromatic N) is 2. The van der Waals surface area contributed by atoms with Crippen LogP contribution in [0.25, 0.3) is 10.8 Å². The summed E-state index contributed by atoms with van der Waals surface area (Å²) >= 11 is 0. The van der Waals surface area contributed by atoms with Gasteiger partial charge in [0, 0.05) is 6.54 Å². The molecule has 0 aliphatic carbocycles. The third kappa shape index (κ3) is 2.72. The van der Waals surface area contributed by atoms with E-state index in [0.717, 1.165) is 6.42 Å². The number of nitrogens with one attached hydrogen (secondary N) is 2. The second-order valence-corrected chi connectivity index (χ2v) is 4.95. The third-order valence-electron chi connectivity index (χ3n) is 3.57. The highest BCUT2D eigenvalue weighted by Gasteiger charge is 2.12. The first-order chi connectivity index (χ1) is 10.8. The lowest BCUT2D eigenvalue weighted by atomic mass is 10.1. The van der Waals surface area contributed by atoms with Gasteiger partial charge in [0.05, 0.1) is 7.11 Å². The van der Waals surface area contributed by atoms with Crippen LogP contribution in [0, 0.1) is 11.3 Å². The molecule has 2 aromatic carbocycles. The van der Waals surface area contributed by atoms with E-state index in [-0.39, 0.29) is 0 Å². The van der Waals surface area contributed by atoms with Crippen LogP contribution in [0.1, 0.15) is 11.1 Å². The summed E-state index contributed by atoms with van der Waals surface area (Å²) in [7, 11) is 1.50. The average Bonchev–Trinajstić information content (AvgIpc) is 2.96. The Morgan fingerprint density at radius 1 is 1.23 bits per heavy atom. The van der Waals surface area contributed by atoms with Crippen molar-refractivity contribution in [1.82, 2.24) is 10.2 Å². The van der Waals surface area contributed by atoms with E-state index in [1.165, 1.54) is 23.4 Å². The molecular weight excluding hydrogens is 276 g/mol. The van der Waals surface area contributed by atoms with E-state index in [1.54, 1.807) is 0 Å². The molecule has 5 heteroatoms. The minimum absolute atomic E-state index is 0.315. The first kappa shape index (κ1) is 14.0. The van der Waals surface area contributed by atoms with Crippen molar-refractivity contribution >= 4 is 16.6 Å². The van der Waals surface area contributed by atoms with Gasteiger partial charge in [-0.3, -0.25) is 5.10 Å². The standard InChI is InChI=1S/C17H16N4O/c1-22-17-15(11-18)16(20-21-17)19-9-8-12-6-7-13-4-2-3-5-14(13)10-12/h2-7,10H,8-9H2,1H3,(H2,19,20,21). The predicted molar refractivity (Wildman–Crippen MR) is 86.0 cm³/mol. The summed E-state index contributed by atoms with van der Waals surface area (Å²) in [6.45, 7) is 0.707. The van der Waals surface area contributed by atoms with Crippen LogP contribution in [0.4, 0.5) is 5.82 Å². The maximum atomic E-state index is 9.12. The highest BCUT2D eigenvalue weighted by molar-refractivity contribution is 5.83. The summed E-state index contributed by atoms with van der Waals surface area (Å²) in [5.74, 6) is 0.913. The molecule has 1 aromatic heterocycles. The summed E-state index contributed by atoms with van der Waals surface area (Å²) in [5, 5.41) is 21.5. The molecule has 0 aliphatic rings. The molecule has 0 radical (unpaired) electrons. The number of anilines is 1. The summed E-state index contributed by atoms with van der Waals surface area (Å²) in [6.07, 6.45) is 0.858. The second kappa shape index (κ2) is 6.19. The van der Waals surface area contributed by atoms with Crippen molar-refractivity contribution in [3.8, 4) is 11.9 Å². The van der Waals surface area contributed by atoms with Gasteiger partial charge in [0.1, 0.15) is 11.9 Å². The molecule has 3 aromatic rings. The van der Waals surface area contributed by atoms with Crippen LogP contribution in [-0.2, 0) is 6.42 Å². The molecule has 0 atom stereocenters. The van der Waals surface area contributed by atoms with Crippen LogP contribution in [0.3, 0.4) is 0 Å². The van der Waals surface area contributed by atoms with Gasteiger partial charge in [0.2, 0.25) is 0 Å². The van der Waals surface area contributed by atoms with Gasteiger partial charge >= 0.3 is 0 Å². The monoisotopic (exact) mass is 292 g/mol. The summed E-state index contributed by atoms with van der Waals surface area (Å²) in [6, 6.07) is 16.8. The fourth-order valence-corrected chi connectivity index (χ4v) is 2.43. The van der Waals surface area contributed by atoms with Crippen LogP contribution in [0.2, 0.25) is 0 Å². The SMILES string of the molecule is COc1n[nH]c(NCCc2ccc3ccccc3c2)c1C#N. The van der Waals surface area contributed by atoms with Gasteiger partial charge in [-0.2, -0.15) is 5.26 Å². The third-order valence-corrected chi connectivity index (χ3v) is 3.57. The Morgan fingerprint density at radius 3 is 2.82 bits per heavy atom. The van der Waals surface area contributed by atoms with Crippen LogP contribution in [-0.4, -0.2) is 23.9 Å². The zero-order chi connectivity index (χ0) is 15.4. The molecule has 0 saturated carbocycles. The Morgan fingerprint density at radius 2 is 2.05 bits per heavy atom. The van der Waals surface area contributed by atoms with E-state index in [9.17, 15) is 0 Å². The zero-order valence-electron chi connectivity index (χ0n) is 12.3. The molecule has 0 bridgehead atoms. The molecule has 0 saturated heterocycles. The van der Waals surface area contributed by atoms with Crippen LogP contribution >= 0.6 is 0 Å². The normalized spacial score (nSPS) is 10.4. The number of hydrogen-bond acceptors (Lipinski definition) is 4. The number of rotatable bonds is 5. The Bertz CT molecular complexity index is 832. The number of hydrogen-bond donors (Lipinski definition) is 2. The fraction of sp³-hybridized carbons (Fsp3) is 0.176. The van der Waals surface area contributed by atoms with Crippen molar-refractivity contribution in [3.05, 3.63) is 53.6 Å². The van der Waals surface area contributed by atoms with E-state index in [1.807, 2.05) is 12.1 Å². The predicted octanol–water partition coefficient (Wildman–Crippen LogP) is 3.10. The van der Waals surface area contributed by atoms with E-state index in [0.29, 0.717) is 23.8 Å². The van der Waals surface area contributed by atoms with Gasteiger partial charge < -0.3 is 10.1 Å². The van der Waals surface area contributed by atoms with Crippen LogP contribution in [0.15, 0.2) is 42.5 Å². The number of aromatic amines is 1. The minimum Gasteiger partial charge on any atom is -0.479 e. The zero-order valence-corrected chi connectivity index (χ0v) is 12.3. The molecule has 2 N–H and O–H groups in total. The van der Waals surface area contributed by atoms with E-state index in [2.05, 4.69) is 51.9 Å². The average molecular weight is 292 g/mol. The molecule has 22 heavy (non-hydrogen) atoms. The van der Waals surface area contributed by atoms with E-state index in [4.69, 9.17) is 10.00 Å². The number of benzene rings is 2.